The third-order valence-corrected chi connectivity index (χ3v) is 3.68. The van der Waals surface area contributed by atoms with Gasteiger partial charge in [-0.1, -0.05) is 6.92 Å². The van der Waals surface area contributed by atoms with Crippen LogP contribution in [0.3, 0.4) is 0 Å². The molecule has 2 heterocycles. The van der Waals surface area contributed by atoms with Crippen LogP contribution in [0.1, 0.15) is 30.0 Å². The normalized spacial score (nSPS) is 12.8. The van der Waals surface area contributed by atoms with Crippen molar-refractivity contribution in [3.63, 3.8) is 0 Å². The van der Waals surface area contributed by atoms with Gasteiger partial charge in [-0.25, -0.2) is 0 Å². The zero-order valence-corrected chi connectivity index (χ0v) is 12.7. The van der Waals surface area contributed by atoms with E-state index < -0.39 is 0 Å². The van der Waals surface area contributed by atoms with Crippen LogP contribution < -0.4 is 5.73 Å². The lowest BCUT2D eigenvalue weighted by molar-refractivity contribution is 0.182. The average Bonchev–Trinajstić information content (AvgIpc) is 3.02. The molecule has 6 heteroatoms. The molecule has 0 aliphatic rings. The first-order valence-electron chi connectivity index (χ1n) is 6.21. The third-order valence-electron chi connectivity index (χ3n) is 3.07. The number of nitrogens with two attached hydrogens (primary N) is 1. The number of ether oxygens (including phenoxy) is 1. The van der Waals surface area contributed by atoms with E-state index in [-0.39, 0.29) is 6.04 Å². The summed E-state index contributed by atoms with van der Waals surface area (Å²) < 4.78 is 13.3. The van der Waals surface area contributed by atoms with E-state index in [1.54, 1.807) is 19.6 Å². The lowest BCUT2D eigenvalue weighted by Gasteiger charge is -2.15. The van der Waals surface area contributed by atoms with E-state index in [1.807, 2.05) is 17.7 Å². The Morgan fingerprint density at radius 2 is 2.37 bits per heavy atom. The fraction of sp³-hybridized carbons (Fsp3) is 0.462. The smallest absolute Gasteiger partial charge is 0.108 e. The highest BCUT2D eigenvalue weighted by molar-refractivity contribution is 9.10. The lowest BCUT2D eigenvalue weighted by atomic mass is 10.0. The highest BCUT2D eigenvalue weighted by atomic mass is 79.9. The second-order valence-electron chi connectivity index (χ2n) is 4.22. The highest BCUT2D eigenvalue weighted by Crippen LogP contribution is 2.29. The topological polar surface area (TPSA) is 66.2 Å². The van der Waals surface area contributed by atoms with E-state index in [9.17, 15) is 0 Å². The number of nitrogens with zero attached hydrogens (tertiary/aromatic N) is 2. The molecule has 5 nitrogen and oxygen atoms in total. The molecule has 0 aromatic carbocycles. The standard InChI is InChI=1S/C13H18BrN3O2/c1-3-11-9(4-6-19-11)12(15)13-10(14)8-16-17(13)5-7-18-2/h4,6,8,12H,3,5,7,15H2,1-2H3. The minimum atomic E-state index is -0.262. The summed E-state index contributed by atoms with van der Waals surface area (Å²) in [5.74, 6) is 0.916. The van der Waals surface area contributed by atoms with Gasteiger partial charge in [0.1, 0.15) is 5.76 Å². The molecule has 0 radical (unpaired) electrons. The Bertz CT molecular complexity index is 536. The van der Waals surface area contributed by atoms with Gasteiger partial charge in [0.2, 0.25) is 0 Å². The summed E-state index contributed by atoms with van der Waals surface area (Å²) in [6.07, 6.45) is 4.26. The summed E-state index contributed by atoms with van der Waals surface area (Å²) in [5, 5.41) is 4.32. The fourth-order valence-electron chi connectivity index (χ4n) is 2.10. The molecular weight excluding hydrogens is 310 g/mol. The summed E-state index contributed by atoms with van der Waals surface area (Å²) in [7, 11) is 1.67. The van der Waals surface area contributed by atoms with Crippen molar-refractivity contribution >= 4 is 15.9 Å². The van der Waals surface area contributed by atoms with Gasteiger partial charge in [0, 0.05) is 19.1 Å². The zero-order chi connectivity index (χ0) is 13.8. The fourth-order valence-corrected chi connectivity index (χ4v) is 2.64. The number of hydrogen-bond donors (Lipinski definition) is 1. The molecular formula is C13H18BrN3O2. The van der Waals surface area contributed by atoms with Crippen molar-refractivity contribution in [3.05, 3.63) is 40.0 Å². The van der Waals surface area contributed by atoms with Gasteiger partial charge in [-0.05, 0) is 22.0 Å². The van der Waals surface area contributed by atoms with E-state index in [0.717, 1.165) is 27.9 Å². The molecule has 2 aromatic rings. The van der Waals surface area contributed by atoms with Gasteiger partial charge in [-0.3, -0.25) is 4.68 Å². The molecule has 2 N–H and O–H groups in total. The molecule has 0 aliphatic carbocycles. The monoisotopic (exact) mass is 327 g/mol. The van der Waals surface area contributed by atoms with Crippen molar-refractivity contribution in [3.8, 4) is 0 Å². The van der Waals surface area contributed by atoms with Crippen LogP contribution in [-0.4, -0.2) is 23.5 Å². The maximum Gasteiger partial charge on any atom is 0.108 e. The van der Waals surface area contributed by atoms with Crippen molar-refractivity contribution in [2.45, 2.75) is 25.9 Å². The van der Waals surface area contributed by atoms with Gasteiger partial charge < -0.3 is 14.9 Å². The Balaban J connectivity index is 2.32. The number of methoxy groups -OCH3 is 1. The Hall–Kier alpha value is -1.11. The average molecular weight is 328 g/mol. The molecule has 2 rings (SSSR count). The second kappa shape index (κ2) is 6.36. The molecule has 0 amide bonds. The molecule has 0 fully saturated rings. The number of aromatic nitrogens is 2. The van der Waals surface area contributed by atoms with Crippen LogP contribution in [0, 0.1) is 0 Å². The van der Waals surface area contributed by atoms with Crippen molar-refractivity contribution in [2.75, 3.05) is 13.7 Å². The van der Waals surface area contributed by atoms with Crippen LogP contribution in [0.2, 0.25) is 0 Å². The van der Waals surface area contributed by atoms with Crippen LogP contribution in [-0.2, 0) is 17.7 Å². The van der Waals surface area contributed by atoms with E-state index in [0.29, 0.717) is 13.2 Å². The molecule has 0 spiro atoms. The summed E-state index contributed by atoms with van der Waals surface area (Å²) in [6, 6.07) is 1.66. The van der Waals surface area contributed by atoms with Crippen molar-refractivity contribution in [1.29, 1.82) is 0 Å². The number of furan rings is 1. The number of aryl methyl sites for hydroxylation is 1. The van der Waals surface area contributed by atoms with Crippen LogP contribution in [0.5, 0.6) is 0 Å². The van der Waals surface area contributed by atoms with E-state index >= 15 is 0 Å². The Morgan fingerprint density at radius 1 is 1.58 bits per heavy atom. The molecule has 1 unspecified atom stereocenters. The molecule has 104 valence electrons. The van der Waals surface area contributed by atoms with Gasteiger partial charge in [-0.2, -0.15) is 5.10 Å². The molecule has 1 atom stereocenters. The van der Waals surface area contributed by atoms with Crippen molar-refractivity contribution in [2.24, 2.45) is 5.73 Å². The number of halogens is 1. The van der Waals surface area contributed by atoms with Gasteiger partial charge in [-0.15, -0.1) is 0 Å². The SMILES string of the molecule is CCc1occc1C(N)c1c(Br)cnn1CCOC. The van der Waals surface area contributed by atoms with Gasteiger partial charge in [0.05, 0.1) is 41.8 Å². The molecule has 0 saturated heterocycles. The van der Waals surface area contributed by atoms with Crippen molar-refractivity contribution < 1.29 is 9.15 Å². The lowest BCUT2D eigenvalue weighted by Crippen LogP contribution is -2.20. The molecule has 0 saturated carbocycles. The van der Waals surface area contributed by atoms with Crippen LogP contribution in [0.4, 0.5) is 0 Å². The maximum atomic E-state index is 6.36. The minimum Gasteiger partial charge on any atom is -0.469 e. The minimum absolute atomic E-state index is 0.262. The predicted molar refractivity (Wildman–Crippen MR) is 75.9 cm³/mol. The van der Waals surface area contributed by atoms with Crippen LogP contribution in [0.15, 0.2) is 27.4 Å². The first-order chi connectivity index (χ1) is 9.19. The van der Waals surface area contributed by atoms with Gasteiger partial charge in [0.25, 0.3) is 0 Å². The number of rotatable bonds is 6. The van der Waals surface area contributed by atoms with E-state index in [2.05, 4.69) is 21.0 Å². The third kappa shape index (κ3) is 2.91. The molecule has 19 heavy (non-hydrogen) atoms. The second-order valence-corrected chi connectivity index (χ2v) is 5.08. The van der Waals surface area contributed by atoms with Crippen LogP contribution >= 0.6 is 15.9 Å². The first kappa shape index (κ1) is 14.3. The van der Waals surface area contributed by atoms with E-state index in [4.69, 9.17) is 14.9 Å². The summed E-state index contributed by atoms with van der Waals surface area (Å²) >= 11 is 3.51. The van der Waals surface area contributed by atoms with Gasteiger partial charge >= 0.3 is 0 Å². The Labute approximate surface area is 120 Å². The summed E-state index contributed by atoms with van der Waals surface area (Å²) in [6.45, 7) is 3.32. The largest absolute Gasteiger partial charge is 0.469 e. The molecule has 0 aliphatic heterocycles. The van der Waals surface area contributed by atoms with E-state index in [1.165, 1.54) is 0 Å². The first-order valence-corrected chi connectivity index (χ1v) is 7.00. The quantitative estimate of drug-likeness (QED) is 0.885. The molecule has 0 bridgehead atoms. The highest BCUT2D eigenvalue weighted by Gasteiger charge is 2.21. The Morgan fingerprint density at radius 3 is 3.05 bits per heavy atom. The maximum absolute atomic E-state index is 6.36. The molecule has 2 aromatic heterocycles. The van der Waals surface area contributed by atoms with Crippen molar-refractivity contribution in [1.82, 2.24) is 9.78 Å². The summed E-state index contributed by atoms with van der Waals surface area (Å²) in [4.78, 5) is 0. The van der Waals surface area contributed by atoms with Crippen LogP contribution in [0.25, 0.3) is 0 Å². The van der Waals surface area contributed by atoms with Gasteiger partial charge in [0.15, 0.2) is 0 Å². The zero-order valence-electron chi connectivity index (χ0n) is 11.1. The predicted octanol–water partition coefficient (Wildman–Crippen LogP) is 2.50. The Kier molecular flexibility index (Phi) is 4.79. The number of hydrogen-bond acceptors (Lipinski definition) is 4. The summed E-state index contributed by atoms with van der Waals surface area (Å²) in [5.41, 5.74) is 8.30.